The highest BCUT2D eigenvalue weighted by atomic mass is 35.5. The highest BCUT2D eigenvalue weighted by Crippen LogP contribution is 2.26. The van der Waals surface area contributed by atoms with Crippen molar-refractivity contribution in [1.29, 1.82) is 0 Å². The van der Waals surface area contributed by atoms with E-state index < -0.39 is 0 Å². The summed E-state index contributed by atoms with van der Waals surface area (Å²) >= 11 is 7.58. The van der Waals surface area contributed by atoms with Crippen molar-refractivity contribution in [3.05, 3.63) is 52.6 Å². The molecular formula is C15H16ClN3OS. The van der Waals surface area contributed by atoms with E-state index in [-0.39, 0.29) is 5.91 Å². The number of carbonyl (C=O) groups excluding carboxylic acids is 1. The lowest BCUT2D eigenvalue weighted by atomic mass is 10.2. The maximum atomic E-state index is 12.3. The van der Waals surface area contributed by atoms with Crippen molar-refractivity contribution < 1.29 is 4.79 Å². The second-order valence-corrected chi connectivity index (χ2v) is 6.09. The number of aromatic nitrogens is 2. The third-order valence-corrected chi connectivity index (χ3v) is 3.92. The molecule has 0 fully saturated rings. The van der Waals surface area contributed by atoms with Gasteiger partial charge < -0.3 is 5.32 Å². The SMILES string of the molecule is CCSc1cc(Cl)ccc1C(=O)NCc1ccnc(C)n1. The Kier molecular flexibility index (Phi) is 5.59. The number of hydrogen-bond donors (Lipinski definition) is 1. The first-order chi connectivity index (χ1) is 10.1. The number of halogens is 1. The number of benzene rings is 1. The first-order valence-electron chi connectivity index (χ1n) is 6.59. The molecule has 1 heterocycles. The molecule has 4 nitrogen and oxygen atoms in total. The van der Waals surface area contributed by atoms with Gasteiger partial charge in [-0.05, 0) is 36.9 Å². The summed E-state index contributed by atoms with van der Waals surface area (Å²) in [4.78, 5) is 21.5. The Bertz CT molecular complexity index is 649. The molecule has 1 aromatic carbocycles. The third kappa shape index (κ3) is 4.44. The van der Waals surface area contributed by atoms with Crippen LogP contribution in [0.25, 0.3) is 0 Å². The number of nitrogens with one attached hydrogen (secondary N) is 1. The van der Waals surface area contributed by atoms with E-state index in [0.29, 0.717) is 23.0 Å². The van der Waals surface area contributed by atoms with Crippen molar-refractivity contribution >= 4 is 29.3 Å². The normalized spacial score (nSPS) is 10.4. The van der Waals surface area contributed by atoms with Gasteiger partial charge in [0.2, 0.25) is 0 Å². The van der Waals surface area contributed by atoms with Crippen molar-refractivity contribution in [3.63, 3.8) is 0 Å². The fourth-order valence-corrected chi connectivity index (χ4v) is 2.90. The highest BCUT2D eigenvalue weighted by molar-refractivity contribution is 7.99. The van der Waals surface area contributed by atoms with E-state index in [1.807, 2.05) is 19.9 Å². The van der Waals surface area contributed by atoms with Crippen LogP contribution < -0.4 is 5.32 Å². The molecule has 110 valence electrons. The van der Waals surface area contributed by atoms with Gasteiger partial charge in [-0.3, -0.25) is 4.79 Å². The Morgan fingerprint density at radius 3 is 2.90 bits per heavy atom. The molecule has 0 unspecified atom stereocenters. The minimum Gasteiger partial charge on any atom is -0.346 e. The van der Waals surface area contributed by atoms with Crippen LogP contribution in [0, 0.1) is 6.92 Å². The summed E-state index contributed by atoms with van der Waals surface area (Å²) < 4.78 is 0. The molecule has 1 aromatic heterocycles. The summed E-state index contributed by atoms with van der Waals surface area (Å²) in [5.74, 6) is 1.44. The van der Waals surface area contributed by atoms with Crippen LogP contribution in [0.3, 0.4) is 0 Å². The standard InChI is InChI=1S/C15H16ClN3OS/c1-3-21-14-8-11(16)4-5-13(14)15(20)18-9-12-6-7-17-10(2)19-12/h4-8H,3,9H2,1-2H3,(H,18,20). The average Bonchev–Trinajstić information content (AvgIpc) is 2.45. The number of hydrogen-bond acceptors (Lipinski definition) is 4. The number of aryl methyl sites for hydroxylation is 1. The highest BCUT2D eigenvalue weighted by Gasteiger charge is 2.12. The largest absolute Gasteiger partial charge is 0.346 e. The Labute approximate surface area is 133 Å². The quantitative estimate of drug-likeness (QED) is 0.857. The number of thioether (sulfide) groups is 1. The molecule has 0 aliphatic heterocycles. The van der Waals surface area contributed by atoms with Crippen molar-refractivity contribution in [2.45, 2.75) is 25.3 Å². The molecule has 1 N–H and O–H groups in total. The molecule has 0 aliphatic rings. The Morgan fingerprint density at radius 2 is 2.19 bits per heavy atom. The molecule has 0 atom stereocenters. The number of nitrogens with zero attached hydrogens (tertiary/aromatic N) is 2. The number of rotatable bonds is 5. The molecule has 0 aliphatic carbocycles. The summed E-state index contributed by atoms with van der Waals surface area (Å²) in [7, 11) is 0. The summed E-state index contributed by atoms with van der Waals surface area (Å²) in [5, 5.41) is 3.51. The molecule has 0 bridgehead atoms. The lowest BCUT2D eigenvalue weighted by Gasteiger charge is -2.10. The first kappa shape index (κ1) is 15.8. The van der Waals surface area contributed by atoms with Gasteiger partial charge in [-0.15, -0.1) is 11.8 Å². The zero-order chi connectivity index (χ0) is 15.2. The zero-order valence-corrected chi connectivity index (χ0v) is 13.5. The molecule has 2 aromatic rings. The van der Waals surface area contributed by atoms with Crippen LogP contribution in [0.5, 0.6) is 0 Å². The van der Waals surface area contributed by atoms with E-state index in [0.717, 1.165) is 16.3 Å². The third-order valence-electron chi connectivity index (χ3n) is 2.75. The summed E-state index contributed by atoms with van der Waals surface area (Å²) in [6.45, 7) is 4.23. The molecular weight excluding hydrogens is 306 g/mol. The fraction of sp³-hybridized carbons (Fsp3) is 0.267. The van der Waals surface area contributed by atoms with Crippen LogP contribution in [0.2, 0.25) is 5.02 Å². The molecule has 6 heteroatoms. The summed E-state index contributed by atoms with van der Waals surface area (Å²) in [6.07, 6.45) is 1.68. The predicted molar refractivity (Wildman–Crippen MR) is 85.8 cm³/mol. The number of carbonyl (C=O) groups is 1. The Morgan fingerprint density at radius 1 is 1.38 bits per heavy atom. The van der Waals surface area contributed by atoms with Crippen LogP contribution in [0.15, 0.2) is 35.4 Å². The van der Waals surface area contributed by atoms with Gasteiger partial charge in [0.05, 0.1) is 17.8 Å². The lowest BCUT2D eigenvalue weighted by molar-refractivity contribution is 0.0947. The monoisotopic (exact) mass is 321 g/mol. The average molecular weight is 322 g/mol. The van der Waals surface area contributed by atoms with E-state index in [4.69, 9.17) is 11.6 Å². The molecule has 21 heavy (non-hydrogen) atoms. The minimum atomic E-state index is -0.126. The van der Waals surface area contributed by atoms with Gasteiger partial charge in [-0.1, -0.05) is 18.5 Å². The topological polar surface area (TPSA) is 54.9 Å². The minimum absolute atomic E-state index is 0.126. The predicted octanol–water partition coefficient (Wildman–Crippen LogP) is 3.48. The van der Waals surface area contributed by atoms with E-state index >= 15 is 0 Å². The molecule has 0 saturated heterocycles. The Hall–Kier alpha value is -1.59. The maximum Gasteiger partial charge on any atom is 0.252 e. The van der Waals surface area contributed by atoms with Crippen LogP contribution in [0.1, 0.15) is 28.8 Å². The van der Waals surface area contributed by atoms with E-state index in [2.05, 4.69) is 15.3 Å². The smallest absolute Gasteiger partial charge is 0.252 e. The Balaban J connectivity index is 2.09. The van der Waals surface area contributed by atoms with Gasteiger partial charge >= 0.3 is 0 Å². The van der Waals surface area contributed by atoms with Crippen LogP contribution >= 0.6 is 23.4 Å². The van der Waals surface area contributed by atoms with Crippen molar-refractivity contribution in [2.24, 2.45) is 0 Å². The van der Waals surface area contributed by atoms with Crippen molar-refractivity contribution in [3.8, 4) is 0 Å². The fourth-order valence-electron chi connectivity index (χ4n) is 1.83. The van der Waals surface area contributed by atoms with Crippen LogP contribution in [-0.2, 0) is 6.54 Å². The van der Waals surface area contributed by atoms with Crippen molar-refractivity contribution in [2.75, 3.05) is 5.75 Å². The second-order valence-electron chi connectivity index (χ2n) is 4.35. The maximum absolute atomic E-state index is 12.3. The van der Waals surface area contributed by atoms with E-state index in [9.17, 15) is 4.79 Å². The van der Waals surface area contributed by atoms with Crippen LogP contribution in [-0.4, -0.2) is 21.6 Å². The second kappa shape index (κ2) is 7.43. The molecule has 0 spiro atoms. The van der Waals surface area contributed by atoms with Crippen molar-refractivity contribution in [1.82, 2.24) is 15.3 Å². The molecule has 0 saturated carbocycles. The summed E-state index contributed by atoms with van der Waals surface area (Å²) in [6, 6.07) is 7.09. The van der Waals surface area contributed by atoms with Gasteiger partial charge in [0, 0.05) is 16.1 Å². The van der Waals surface area contributed by atoms with Crippen LogP contribution in [0.4, 0.5) is 0 Å². The summed E-state index contributed by atoms with van der Waals surface area (Å²) in [5.41, 5.74) is 1.42. The first-order valence-corrected chi connectivity index (χ1v) is 7.95. The van der Waals surface area contributed by atoms with Gasteiger partial charge in [-0.25, -0.2) is 9.97 Å². The van der Waals surface area contributed by atoms with Gasteiger partial charge in [0.15, 0.2) is 0 Å². The van der Waals surface area contributed by atoms with Gasteiger partial charge in [-0.2, -0.15) is 0 Å². The van der Waals surface area contributed by atoms with E-state index in [1.165, 1.54) is 0 Å². The molecule has 2 rings (SSSR count). The molecule has 1 amide bonds. The van der Waals surface area contributed by atoms with E-state index in [1.54, 1.807) is 36.2 Å². The molecule has 0 radical (unpaired) electrons. The lowest BCUT2D eigenvalue weighted by Crippen LogP contribution is -2.24. The van der Waals surface area contributed by atoms with Gasteiger partial charge in [0.1, 0.15) is 5.82 Å². The number of amides is 1. The van der Waals surface area contributed by atoms with Gasteiger partial charge in [0.25, 0.3) is 5.91 Å². The zero-order valence-electron chi connectivity index (χ0n) is 11.9.